The maximum atomic E-state index is 11.7. The van der Waals surface area contributed by atoms with Crippen molar-refractivity contribution in [1.82, 2.24) is 4.98 Å². The number of nitrogens with zero attached hydrogens (tertiary/aromatic N) is 1. The summed E-state index contributed by atoms with van der Waals surface area (Å²) in [6.45, 7) is 1.04. The number of carbonyl (C=O) groups excluding carboxylic acids is 1. The maximum Gasteiger partial charge on any atom is 0.354 e. The zero-order valence-electron chi connectivity index (χ0n) is 9.05. The highest BCUT2D eigenvalue weighted by molar-refractivity contribution is 5.93. The molecule has 6 heteroatoms. The van der Waals surface area contributed by atoms with Crippen molar-refractivity contribution in [3.8, 4) is 0 Å². The summed E-state index contributed by atoms with van der Waals surface area (Å²) in [6, 6.07) is 2.87. The smallest absolute Gasteiger partial charge is 0.354 e. The summed E-state index contributed by atoms with van der Waals surface area (Å²) in [7, 11) is 0. The SMILES string of the molecule is O=C(O)c1ccc(NC(=O)C2CCOC2)cn1. The highest BCUT2D eigenvalue weighted by atomic mass is 16.5. The molecule has 1 aromatic rings. The van der Waals surface area contributed by atoms with Gasteiger partial charge in [0, 0.05) is 6.61 Å². The zero-order valence-corrected chi connectivity index (χ0v) is 9.05. The van der Waals surface area contributed by atoms with E-state index >= 15 is 0 Å². The van der Waals surface area contributed by atoms with E-state index in [0.29, 0.717) is 25.3 Å². The van der Waals surface area contributed by atoms with Gasteiger partial charge in [-0.2, -0.15) is 0 Å². The molecule has 1 fully saturated rings. The second kappa shape index (κ2) is 4.92. The van der Waals surface area contributed by atoms with Gasteiger partial charge in [0.2, 0.25) is 5.91 Å². The summed E-state index contributed by atoms with van der Waals surface area (Å²) in [5.41, 5.74) is 0.444. The van der Waals surface area contributed by atoms with E-state index in [9.17, 15) is 9.59 Å². The van der Waals surface area contributed by atoms with Crippen LogP contribution in [-0.2, 0) is 9.53 Å². The summed E-state index contributed by atoms with van der Waals surface area (Å²) in [5, 5.41) is 11.3. The van der Waals surface area contributed by atoms with Crippen LogP contribution in [0.25, 0.3) is 0 Å². The molecule has 6 nitrogen and oxygen atoms in total. The van der Waals surface area contributed by atoms with E-state index in [1.54, 1.807) is 0 Å². The van der Waals surface area contributed by atoms with Gasteiger partial charge in [0.05, 0.1) is 24.4 Å². The number of ether oxygens (including phenoxy) is 1. The fourth-order valence-electron chi connectivity index (χ4n) is 1.58. The number of aromatic carboxylic acids is 1. The Morgan fingerprint density at radius 3 is 2.82 bits per heavy atom. The standard InChI is InChI=1S/C11H12N2O4/c14-10(7-3-4-17-6-7)13-8-1-2-9(11(15)16)12-5-8/h1-2,5,7H,3-4,6H2,(H,13,14)(H,15,16). The number of carboxylic acid groups (broad SMARTS) is 1. The molecule has 2 N–H and O–H groups in total. The largest absolute Gasteiger partial charge is 0.477 e. The summed E-state index contributed by atoms with van der Waals surface area (Å²) in [4.78, 5) is 26.0. The van der Waals surface area contributed by atoms with Gasteiger partial charge in [-0.25, -0.2) is 9.78 Å². The predicted molar refractivity (Wildman–Crippen MR) is 58.8 cm³/mol. The number of amides is 1. The molecule has 1 aliphatic heterocycles. The highest BCUT2D eigenvalue weighted by Gasteiger charge is 2.23. The van der Waals surface area contributed by atoms with Gasteiger partial charge in [-0.1, -0.05) is 0 Å². The van der Waals surface area contributed by atoms with Crippen molar-refractivity contribution in [2.24, 2.45) is 5.92 Å². The van der Waals surface area contributed by atoms with Gasteiger partial charge in [0.25, 0.3) is 0 Å². The van der Waals surface area contributed by atoms with E-state index in [2.05, 4.69) is 10.3 Å². The van der Waals surface area contributed by atoms with Crippen LogP contribution in [-0.4, -0.2) is 35.2 Å². The number of anilines is 1. The van der Waals surface area contributed by atoms with Crippen LogP contribution in [0.2, 0.25) is 0 Å². The first-order valence-corrected chi connectivity index (χ1v) is 5.25. The fraction of sp³-hybridized carbons (Fsp3) is 0.364. The lowest BCUT2D eigenvalue weighted by Gasteiger charge is -2.08. The molecule has 17 heavy (non-hydrogen) atoms. The average Bonchev–Trinajstić information content (AvgIpc) is 2.83. The van der Waals surface area contributed by atoms with Crippen LogP contribution in [0.3, 0.4) is 0 Å². The van der Waals surface area contributed by atoms with E-state index in [0.717, 1.165) is 0 Å². The van der Waals surface area contributed by atoms with Crippen LogP contribution < -0.4 is 5.32 Å². The van der Waals surface area contributed by atoms with Gasteiger partial charge in [0.1, 0.15) is 5.69 Å². The Bertz CT molecular complexity index is 424. The predicted octanol–water partition coefficient (Wildman–Crippen LogP) is 0.755. The first kappa shape index (κ1) is 11.5. The molecular weight excluding hydrogens is 224 g/mol. The number of carbonyl (C=O) groups is 2. The summed E-state index contributed by atoms with van der Waals surface area (Å²) < 4.78 is 5.11. The van der Waals surface area contributed by atoms with Crippen LogP contribution in [0, 0.1) is 5.92 Å². The molecule has 0 spiro atoms. The minimum absolute atomic E-state index is 0.0489. The molecule has 1 aliphatic rings. The van der Waals surface area contributed by atoms with Crippen molar-refractivity contribution < 1.29 is 19.4 Å². The molecule has 1 aromatic heterocycles. The summed E-state index contributed by atoms with van der Waals surface area (Å²) in [5.74, 6) is -1.34. The van der Waals surface area contributed by atoms with Crippen LogP contribution in [0.4, 0.5) is 5.69 Å². The van der Waals surface area contributed by atoms with Crippen molar-refractivity contribution in [2.75, 3.05) is 18.5 Å². The van der Waals surface area contributed by atoms with Crippen LogP contribution in [0.5, 0.6) is 0 Å². The molecule has 1 saturated heterocycles. The zero-order chi connectivity index (χ0) is 12.3. The number of pyridine rings is 1. The van der Waals surface area contributed by atoms with Crippen molar-refractivity contribution in [3.05, 3.63) is 24.0 Å². The summed E-state index contributed by atoms with van der Waals surface area (Å²) >= 11 is 0. The maximum absolute atomic E-state index is 11.7. The van der Waals surface area contributed by atoms with Gasteiger partial charge in [-0.3, -0.25) is 4.79 Å². The van der Waals surface area contributed by atoms with E-state index < -0.39 is 5.97 Å². The molecule has 0 aromatic carbocycles. The van der Waals surface area contributed by atoms with E-state index in [1.165, 1.54) is 18.3 Å². The summed E-state index contributed by atoms with van der Waals surface area (Å²) in [6.07, 6.45) is 2.05. The Kier molecular flexibility index (Phi) is 3.34. The Labute approximate surface area is 97.6 Å². The molecular formula is C11H12N2O4. The van der Waals surface area contributed by atoms with E-state index in [1.807, 2.05) is 0 Å². The first-order chi connectivity index (χ1) is 8.16. The van der Waals surface area contributed by atoms with Crippen molar-refractivity contribution >= 4 is 17.6 Å². The Balaban J connectivity index is 1.98. The Hall–Kier alpha value is -1.95. The topological polar surface area (TPSA) is 88.5 Å². The number of hydrogen-bond acceptors (Lipinski definition) is 4. The minimum atomic E-state index is -1.09. The van der Waals surface area contributed by atoms with Crippen LogP contribution in [0.1, 0.15) is 16.9 Å². The lowest BCUT2D eigenvalue weighted by atomic mass is 10.1. The van der Waals surface area contributed by atoms with Gasteiger partial charge < -0.3 is 15.2 Å². The molecule has 0 saturated carbocycles. The normalized spacial score (nSPS) is 18.9. The minimum Gasteiger partial charge on any atom is -0.477 e. The fourth-order valence-corrected chi connectivity index (χ4v) is 1.58. The second-order valence-electron chi connectivity index (χ2n) is 3.79. The number of hydrogen-bond donors (Lipinski definition) is 2. The quantitative estimate of drug-likeness (QED) is 0.808. The molecule has 0 radical (unpaired) electrons. The molecule has 2 heterocycles. The van der Waals surface area contributed by atoms with Crippen LogP contribution >= 0.6 is 0 Å². The average molecular weight is 236 g/mol. The van der Waals surface area contributed by atoms with Crippen LogP contribution in [0.15, 0.2) is 18.3 Å². The number of carboxylic acids is 1. The molecule has 1 atom stereocenters. The van der Waals surface area contributed by atoms with Crippen molar-refractivity contribution in [1.29, 1.82) is 0 Å². The highest BCUT2D eigenvalue weighted by Crippen LogP contribution is 2.15. The molecule has 2 rings (SSSR count). The Morgan fingerprint density at radius 2 is 2.29 bits per heavy atom. The van der Waals surface area contributed by atoms with Gasteiger partial charge in [-0.05, 0) is 18.6 Å². The monoisotopic (exact) mass is 236 g/mol. The first-order valence-electron chi connectivity index (χ1n) is 5.25. The molecule has 1 amide bonds. The Morgan fingerprint density at radius 1 is 1.47 bits per heavy atom. The lowest BCUT2D eigenvalue weighted by molar-refractivity contribution is -0.119. The van der Waals surface area contributed by atoms with Crippen molar-refractivity contribution in [3.63, 3.8) is 0 Å². The van der Waals surface area contributed by atoms with Gasteiger partial charge >= 0.3 is 5.97 Å². The van der Waals surface area contributed by atoms with Gasteiger partial charge in [-0.15, -0.1) is 0 Å². The van der Waals surface area contributed by atoms with E-state index in [4.69, 9.17) is 9.84 Å². The second-order valence-corrected chi connectivity index (χ2v) is 3.79. The third-order valence-electron chi connectivity index (χ3n) is 2.55. The number of rotatable bonds is 3. The third-order valence-corrected chi connectivity index (χ3v) is 2.55. The van der Waals surface area contributed by atoms with E-state index in [-0.39, 0.29) is 17.5 Å². The third kappa shape index (κ3) is 2.79. The number of nitrogens with one attached hydrogen (secondary N) is 1. The number of aromatic nitrogens is 1. The lowest BCUT2D eigenvalue weighted by Crippen LogP contribution is -2.22. The van der Waals surface area contributed by atoms with Gasteiger partial charge in [0.15, 0.2) is 0 Å². The molecule has 90 valence electrons. The molecule has 0 bridgehead atoms. The molecule has 0 aliphatic carbocycles. The van der Waals surface area contributed by atoms with Crippen molar-refractivity contribution in [2.45, 2.75) is 6.42 Å². The molecule has 1 unspecified atom stereocenters.